The van der Waals surface area contributed by atoms with Gasteiger partial charge in [0.25, 0.3) is 0 Å². The molecule has 2 aromatic carbocycles. The topological polar surface area (TPSA) is 55.4 Å². The van der Waals surface area contributed by atoms with Gasteiger partial charge in [-0.3, -0.25) is 4.79 Å². The van der Waals surface area contributed by atoms with Crippen molar-refractivity contribution in [2.45, 2.75) is 30.6 Å². The van der Waals surface area contributed by atoms with E-state index in [4.69, 9.17) is 4.74 Å². The number of hydrogen-bond acceptors (Lipinski definition) is 5. The number of carbonyl (C=O) groups is 2. The Hall–Kier alpha value is -2.53. The minimum Gasteiger partial charge on any atom is -0.462 e. The molecule has 0 unspecified atom stereocenters. The lowest BCUT2D eigenvalue weighted by Gasteiger charge is -2.11. The van der Waals surface area contributed by atoms with Gasteiger partial charge in [-0.05, 0) is 37.1 Å². The van der Waals surface area contributed by atoms with Crippen LogP contribution in [0, 0.1) is 5.92 Å². The molecule has 1 heterocycles. The third kappa shape index (κ3) is 3.83. The summed E-state index contributed by atoms with van der Waals surface area (Å²) in [5.41, 5.74) is 3.65. The molecule has 0 aliphatic carbocycles. The van der Waals surface area contributed by atoms with Crippen molar-refractivity contribution in [3.8, 4) is 0 Å². The minimum absolute atomic E-state index is 0.0275. The zero-order valence-electron chi connectivity index (χ0n) is 15.1. The molecule has 134 valence electrons. The van der Waals surface area contributed by atoms with Crippen molar-refractivity contribution in [2.75, 3.05) is 11.9 Å². The summed E-state index contributed by atoms with van der Waals surface area (Å²) in [6, 6.07) is 11.0. The predicted molar refractivity (Wildman–Crippen MR) is 105 cm³/mol. The van der Waals surface area contributed by atoms with Crippen molar-refractivity contribution in [1.29, 1.82) is 0 Å². The normalized spacial score (nSPS) is 12.7. The molecule has 0 atom stereocenters. The Morgan fingerprint density at radius 2 is 1.85 bits per heavy atom. The zero-order valence-corrected chi connectivity index (χ0v) is 15.9. The van der Waals surface area contributed by atoms with E-state index >= 15 is 0 Å². The largest absolute Gasteiger partial charge is 0.462 e. The summed E-state index contributed by atoms with van der Waals surface area (Å²) in [6.07, 6.45) is 0. The monoisotopic (exact) mass is 367 g/mol. The number of ketones is 1. The summed E-state index contributed by atoms with van der Waals surface area (Å²) in [7, 11) is 0. The van der Waals surface area contributed by atoms with Gasteiger partial charge in [0, 0.05) is 26.6 Å². The molecule has 0 fully saturated rings. The molecule has 0 spiro atoms. The SMILES string of the molecule is C=C1Nc2cc(C(=O)OCC(C)C)ccc2Sc2cc(C(C)=O)ccc21. The maximum Gasteiger partial charge on any atom is 0.338 e. The summed E-state index contributed by atoms with van der Waals surface area (Å²) in [6.45, 7) is 10.0. The zero-order chi connectivity index (χ0) is 18.8. The number of Topliss-reactive ketones (excluding diaryl/α,β-unsaturated/α-hetero) is 1. The second kappa shape index (κ2) is 7.38. The second-order valence-corrected chi connectivity index (χ2v) is 7.76. The third-order valence-electron chi connectivity index (χ3n) is 3.98. The highest BCUT2D eigenvalue weighted by Gasteiger charge is 2.19. The number of nitrogens with one attached hydrogen (secondary N) is 1. The van der Waals surface area contributed by atoms with E-state index in [2.05, 4.69) is 11.9 Å². The fourth-order valence-corrected chi connectivity index (χ4v) is 3.67. The molecule has 0 radical (unpaired) electrons. The number of rotatable bonds is 4. The van der Waals surface area contributed by atoms with Crippen LogP contribution in [0.25, 0.3) is 5.70 Å². The van der Waals surface area contributed by atoms with Gasteiger partial charge in [0.1, 0.15) is 0 Å². The standard InChI is InChI=1S/C21H21NO3S/c1-12(2)11-25-21(24)16-6-8-19-18(9-16)22-13(3)17-7-5-15(14(4)23)10-20(17)26-19/h5-10,12,22H,3,11H2,1-2,4H3. The van der Waals surface area contributed by atoms with E-state index in [1.54, 1.807) is 36.9 Å². The van der Waals surface area contributed by atoms with Gasteiger partial charge in [0.2, 0.25) is 0 Å². The first-order chi connectivity index (χ1) is 12.3. The molecule has 3 rings (SSSR count). The fourth-order valence-electron chi connectivity index (χ4n) is 2.59. The van der Waals surface area contributed by atoms with Crippen LogP contribution in [0.2, 0.25) is 0 Å². The number of carbonyl (C=O) groups excluding carboxylic acids is 2. The molecule has 5 heteroatoms. The molecule has 0 saturated heterocycles. The Labute approximate surface area is 157 Å². The maximum absolute atomic E-state index is 12.2. The molecule has 1 aliphatic rings. The van der Waals surface area contributed by atoms with Gasteiger partial charge in [-0.2, -0.15) is 0 Å². The first-order valence-electron chi connectivity index (χ1n) is 8.45. The molecule has 0 aromatic heterocycles. The molecule has 2 aromatic rings. The summed E-state index contributed by atoms with van der Waals surface area (Å²) in [5.74, 6) is -0.0163. The summed E-state index contributed by atoms with van der Waals surface area (Å²) >= 11 is 1.55. The highest BCUT2D eigenvalue weighted by atomic mass is 32.2. The highest BCUT2D eigenvalue weighted by Crippen LogP contribution is 2.42. The Morgan fingerprint density at radius 3 is 2.54 bits per heavy atom. The molecule has 1 N–H and O–H groups in total. The third-order valence-corrected chi connectivity index (χ3v) is 5.12. The summed E-state index contributed by atoms with van der Waals surface area (Å²) in [4.78, 5) is 25.8. The van der Waals surface area contributed by atoms with E-state index in [0.717, 1.165) is 26.7 Å². The number of esters is 1. The van der Waals surface area contributed by atoms with Crippen LogP contribution in [0.4, 0.5) is 5.69 Å². The van der Waals surface area contributed by atoms with Crippen molar-refractivity contribution < 1.29 is 14.3 Å². The average Bonchev–Trinajstić information content (AvgIpc) is 2.74. The molecule has 4 nitrogen and oxygen atoms in total. The van der Waals surface area contributed by atoms with Crippen molar-refractivity contribution in [2.24, 2.45) is 5.92 Å². The lowest BCUT2D eigenvalue weighted by Crippen LogP contribution is -2.10. The van der Waals surface area contributed by atoms with Crippen molar-refractivity contribution in [3.63, 3.8) is 0 Å². The van der Waals surface area contributed by atoms with Crippen LogP contribution in [-0.4, -0.2) is 18.4 Å². The molecule has 1 aliphatic heterocycles. The lowest BCUT2D eigenvalue weighted by atomic mass is 10.1. The molecule has 0 amide bonds. The Bertz CT molecular complexity index is 902. The quantitative estimate of drug-likeness (QED) is 0.591. The first kappa shape index (κ1) is 18.3. The smallest absolute Gasteiger partial charge is 0.338 e. The van der Waals surface area contributed by atoms with Gasteiger partial charge in [-0.15, -0.1) is 0 Å². The molecule has 0 bridgehead atoms. The van der Waals surface area contributed by atoms with E-state index in [9.17, 15) is 9.59 Å². The van der Waals surface area contributed by atoms with Crippen LogP contribution in [0.5, 0.6) is 0 Å². The van der Waals surface area contributed by atoms with E-state index in [-0.39, 0.29) is 11.8 Å². The van der Waals surface area contributed by atoms with Crippen LogP contribution in [0.1, 0.15) is 47.1 Å². The Balaban J connectivity index is 1.92. The van der Waals surface area contributed by atoms with Gasteiger partial charge in [-0.1, -0.05) is 44.3 Å². The van der Waals surface area contributed by atoms with Crippen LogP contribution >= 0.6 is 11.8 Å². The molecule has 0 saturated carbocycles. The van der Waals surface area contributed by atoms with Gasteiger partial charge >= 0.3 is 5.97 Å². The van der Waals surface area contributed by atoms with Gasteiger partial charge in [0.15, 0.2) is 5.78 Å². The number of fused-ring (bicyclic) bond motifs is 2. The van der Waals surface area contributed by atoms with Gasteiger partial charge in [-0.25, -0.2) is 4.79 Å². The van der Waals surface area contributed by atoms with Gasteiger partial charge in [0.05, 0.1) is 17.9 Å². The maximum atomic E-state index is 12.2. The minimum atomic E-state index is -0.334. The predicted octanol–water partition coefficient (Wildman–Crippen LogP) is 5.25. The number of benzene rings is 2. The fraction of sp³-hybridized carbons (Fsp3) is 0.238. The van der Waals surface area contributed by atoms with E-state index in [1.165, 1.54) is 0 Å². The van der Waals surface area contributed by atoms with Crippen molar-refractivity contribution in [3.05, 3.63) is 59.7 Å². The second-order valence-electron chi connectivity index (χ2n) is 6.68. The summed E-state index contributed by atoms with van der Waals surface area (Å²) in [5, 5.41) is 3.28. The van der Waals surface area contributed by atoms with Crippen LogP contribution < -0.4 is 5.32 Å². The van der Waals surface area contributed by atoms with Crippen LogP contribution in [0.15, 0.2) is 52.8 Å². The average molecular weight is 367 g/mol. The van der Waals surface area contributed by atoms with Crippen LogP contribution in [0.3, 0.4) is 0 Å². The Kier molecular flexibility index (Phi) is 5.18. The summed E-state index contributed by atoms with van der Waals surface area (Å²) < 4.78 is 5.31. The van der Waals surface area contributed by atoms with E-state index in [1.807, 2.05) is 32.0 Å². The number of hydrogen-bond donors (Lipinski definition) is 1. The van der Waals surface area contributed by atoms with Crippen molar-refractivity contribution in [1.82, 2.24) is 0 Å². The van der Waals surface area contributed by atoms with E-state index in [0.29, 0.717) is 23.7 Å². The number of ether oxygens (including phenoxy) is 1. The van der Waals surface area contributed by atoms with Crippen LogP contribution in [-0.2, 0) is 4.74 Å². The van der Waals surface area contributed by atoms with E-state index < -0.39 is 0 Å². The molecule has 26 heavy (non-hydrogen) atoms. The van der Waals surface area contributed by atoms with Crippen molar-refractivity contribution >= 4 is 34.9 Å². The Morgan fingerprint density at radius 1 is 1.12 bits per heavy atom. The lowest BCUT2D eigenvalue weighted by molar-refractivity contribution is 0.0459. The highest BCUT2D eigenvalue weighted by molar-refractivity contribution is 7.99. The molecular weight excluding hydrogens is 346 g/mol. The number of anilines is 1. The first-order valence-corrected chi connectivity index (χ1v) is 9.27. The molecular formula is C21H21NO3S. The van der Waals surface area contributed by atoms with Gasteiger partial charge < -0.3 is 10.1 Å².